The van der Waals surface area contributed by atoms with E-state index in [9.17, 15) is 4.79 Å². The number of likely N-dealkylation sites (tertiary alicyclic amines) is 1. The molecule has 3 heteroatoms. The average Bonchev–Trinajstić information content (AvgIpc) is 2.53. The van der Waals surface area contributed by atoms with Crippen molar-refractivity contribution in [2.75, 3.05) is 13.1 Å². The van der Waals surface area contributed by atoms with Gasteiger partial charge in [0.15, 0.2) is 0 Å². The fourth-order valence-corrected chi connectivity index (χ4v) is 2.90. The molecule has 0 spiro atoms. The molecular formula is C12H17NOS. The molecule has 1 aliphatic heterocycles. The van der Waals surface area contributed by atoms with Crippen LogP contribution in [0.4, 0.5) is 0 Å². The molecule has 82 valence electrons. The second-order valence-electron chi connectivity index (χ2n) is 4.14. The maximum absolute atomic E-state index is 12.2. The van der Waals surface area contributed by atoms with E-state index >= 15 is 0 Å². The van der Waals surface area contributed by atoms with E-state index in [2.05, 4.69) is 0 Å². The van der Waals surface area contributed by atoms with Crippen LogP contribution < -0.4 is 0 Å². The van der Waals surface area contributed by atoms with Crippen molar-refractivity contribution in [3.8, 4) is 0 Å². The van der Waals surface area contributed by atoms with Gasteiger partial charge in [-0.1, -0.05) is 12.8 Å². The molecule has 2 heterocycles. The van der Waals surface area contributed by atoms with Gasteiger partial charge in [-0.3, -0.25) is 4.79 Å². The average molecular weight is 223 g/mol. The summed E-state index contributed by atoms with van der Waals surface area (Å²) in [6.45, 7) is 3.90. The molecule has 1 aromatic rings. The number of carbonyl (C=O) groups is 1. The number of nitrogens with zero attached hydrogens (tertiary/aromatic N) is 1. The van der Waals surface area contributed by atoms with Crippen LogP contribution in [0.25, 0.3) is 0 Å². The van der Waals surface area contributed by atoms with Crippen molar-refractivity contribution in [1.29, 1.82) is 0 Å². The lowest BCUT2D eigenvalue weighted by Crippen LogP contribution is -2.31. The van der Waals surface area contributed by atoms with E-state index in [1.165, 1.54) is 12.8 Å². The predicted molar refractivity (Wildman–Crippen MR) is 63.4 cm³/mol. The highest BCUT2D eigenvalue weighted by Crippen LogP contribution is 2.20. The van der Waals surface area contributed by atoms with Crippen molar-refractivity contribution in [2.45, 2.75) is 32.6 Å². The number of rotatable bonds is 1. The number of carbonyl (C=O) groups excluding carboxylic acids is 1. The molecule has 0 unspecified atom stereocenters. The van der Waals surface area contributed by atoms with Gasteiger partial charge >= 0.3 is 0 Å². The van der Waals surface area contributed by atoms with Crippen LogP contribution >= 0.6 is 11.3 Å². The van der Waals surface area contributed by atoms with Crippen LogP contribution in [0.3, 0.4) is 0 Å². The molecule has 1 aromatic heterocycles. The third kappa shape index (κ3) is 2.40. The lowest BCUT2D eigenvalue weighted by molar-refractivity contribution is 0.0766. The SMILES string of the molecule is Cc1ccsc1C(=O)N1CCCCCC1. The van der Waals surface area contributed by atoms with Crippen LogP contribution in [-0.2, 0) is 0 Å². The summed E-state index contributed by atoms with van der Waals surface area (Å²) in [5, 5.41) is 2.00. The van der Waals surface area contributed by atoms with Gasteiger partial charge in [0.05, 0.1) is 4.88 Å². The van der Waals surface area contributed by atoms with E-state index in [-0.39, 0.29) is 5.91 Å². The number of hydrogen-bond donors (Lipinski definition) is 0. The van der Waals surface area contributed by atoms with Crippen molar-refractivity contribution < 1.29 is 4.79 Å². The molecule has 0 radical (unpaired) electrons. The molecule has 0 aromatic carbocycles. The molecule has 0 aliphatic carbocycles. The molecule has 1 amide bonds. The van der Waals surface area contributed by atoms with Crippen molar-refractivity contribution in [1.82, 2.24) is 4.90 Å². The minimum absolute atomic E-state index is 0.240. The molecule has 15 heavy (non-hydrogen) atoms. The Morgan fingerprint density at radius 1 is 1.27 bits per heavy atom. The van der Waals surface area contributed by atoms with Gasteiger partial charge in [0.2, 0.25) is 0 Å². The lowest BCUT2D eigenvalue weighted by atomic mass is 10.2. The quantitative estimate of drug-likeness (QED) is 0.716. The Kier molecular flexibility index (Phi) is 3.41. The topological polar surface area (TPSA) is 20.3 Å². The maximum atomic E-state index is 12.2. The fraction of sp³-hybridized carbons (Fsp3) is 0.583. The third-order valence-corrected chi connectivity index (χ3v) is 3.95. The van der Waals surface area contributed by atoms with Gasteiger partial charge in [-0.05, 0) is 36.8 Å². The smallest absolute Gasteiger partial charge is 0.264 e. The van der Waals surface area contributed by atoms with Crippen LogP contribution in [0.1, 0.15) is 40.9 Å². The molecule has 2 nitrogen and oxygen atoms in total. The Labute approximate surface area is 94.9 Å². The summed E-state index contributed by atoms with van der Waals surface area (Å²) in [6.07, 6.45) is 4.87. The molecule has 1 aliphatic rings. The van der Waals surface area contributed by atoms with Crippen LogP contribution in [0, 0.1) is 6.92 Å². The Morgan fingerprint density at radius 3 is 2.47 bits per heavy atom. The fourth-order valence-electron chi connectivity index (χ4n) is 2.01. The second-order valence-corrected chi connectivity index (χ2v) is 5.06. The van der Waals surface area contributed by atoms with Crippen molar-refractivity contribution in [2.24, 2.45) is 0 Å². The molecule has 0 atom stereocenters. The highest BCUT2D eigenvalue weighted by atomic mass is 32.1. The maximum Gasteiger partial charge on any atom is 0.264 e. The first-order chi connectivity index (χ1) is 7.29. The first-order valence-corrected chi connectivity index (χ1v) is 6.50. The van der Waals surface area contributed by atoms with Crippen molar-refractivity contribution in [3.63, 3.8) is 0 Å². The van der Waals surface area contributed by atoms with Gasteiger partial charge in [0.25, 0.3) is 5.91 Å². The van der Waals surface area contributed by atoms with Gasteiger partial charge in [-0.15, -0.1) is 11.3 Å². The van der Waals surface area contributed by atoms with Crippen LogP contribution in [0.5, 0.6) is 0 Å². The minimum Gasteiger partial charge on any atom is -0.338 e. The summed E-state index contributed by atoms with van der Waals surface area (Å²) in [7, 11) is 0. The predicted octanol–water partition coefficient (Wildman–Crippen LogP) is 3.07. The zero-order chi connectivity index (χ0) is 10.7. The first kappa shape index (κ1) is 10.7. The summed E-state index contributed by atoms with van der Waals surface area (Å²) in [4.78, 5) is 15.1. The lowest BCUT2D eigenvalue weighted by Gasteiger charge is -2.19. The Hall–Kier alpha value is -0.830. The van der Waals surface area contributed by atoms with Gasteiger partial charge in [-0.25, -0.2) is 0 Å². The third-order valence-electron chi connectivity index (χ3n) is 2.95. The Morgan fingerprint density at radius 2 is 1.93 bits per heavy atom. The number of thiophene rings is 1. The minimum atomic E-state index is 0.240. The highest BCUT2D eigenvalue weighted by molar-refractivity contribution is 7.12. The van der Waals surface area contributed by atoms with Crippen LogP contribution in [-0.4, -0.2) is 23.9 Å². The molecule has 0 bridgehead atoms. The highest BCUT2D eigenvalue weighted by Gasteiger charge is 2.19. The number of hydrogen-bond acceptors (Lipinski definition) is 2. The van der Waals surface area contributed by atoms with Gasteiger partial charge in [0.1, 0.15) is 0 Å². The summed E-state index contributed by atoms with van der Waals surface area (Å²) < 4.78 is 0. The second kappa shape index (κ2) is 4.79. The van der Waals surface area contributed by atoms with E-state index < -0.39 is 0 Å². The van der Waals surface area contributed by atoms with E-state index in [0.29, 0.717) is 0 Å². The van der Waals surface area contributed by atoms with E-state index in [1.54, 1.807) is 11.3 Å². The Bertz CT molecular complexity index is 337. The number of amides is 1. The molecule has 2 rings (SSSR count). The standard InChI is InChI=1S/C12H17NOS/c1-10-6-9-15-11(10)12(14)13-7-4-2-3-5-8-13/h6,9H,2-5,7-8H2,1H3. The largest absolute Gasteiger partial charge is 0.338 e. The zero-order valence-corrected chi connectivity index (χ0v) is 9.98. The zero-order valence-electron chi connectivity index (χ0n) is 9.16. The molecule has 1 saturated heterocycles. The normalized spacial score (nSPS) is 17.5. The van der Waals surface area contributed by atoms with Crippen LogP contribution in [0.15, 0.2) is 11.4 Å². The number of aryl methyl sites for hydroxylation is 1. The molecule has 1 fully saturated rings. The van der Waals surface area contributed by atoms with E-state index in [4.69, 9.17) is 0 Å². The summed E-state index contributed by atoms with van der Waals surface area (Å²) in [5.41, 5.74) is 1.12. The van der Waals surface area contributed by atoms with Gasteiger partial charge < -0.3 is 4.90 Å². The summed E-state index contributed by atoms with van der Waals surface area (Å²) in [6, 6.07) is 2.02. The van der Waals surface area contributed by atoms with Crippen LogP contribution in [0.2, 0.25) is 0 Å². The summed E-state index contributed by atoms with van der Waals surface area (Å²) in [5.74, 6) is 0.240. The molecule has 0 saturated carbocycles. The Balaban J connectivity index is 2.09. The van der Waals surface area contributed by atoms with Gasteiger partial charge in [0, 0.05) is 13.1 Å². The van der Waals surface area contributed by atoms with Crippen molar-refractivity contribution in [3.05, 3.63) is 21.9 Å². The van der Waals surface area contributed by atoms with Crippen molar-refractivity contribution >= 4 is 17.2 Å². The molecule has 0 N–H and O–H groups in total. The van der Waals surface area contributed by atoms with Gasteiger partial charge in [-0.2, -0.15) is 0 Å². The van der Waals surface area contributed by atoms with E-state index in [0.717, 1.165) is 36.4 Å². The van der Waals surface area contributed by atoms with E-state index in [1.807, 2.05) is 23.3 Å². The molecular weight excluding hydrogens is 206 g/mol. The monoisotopic (exact) mass is 223 g/mol. The summed E-state index contributed by atoms with van der Waals surface area (Å²) >= 11 is 1.57. The first-order valence-electron chi connectivity index (χ1n) is 5.62.